The quantitative estimate of drug-likeness (QED) is 0.689. The van der Waals surface area contributed by atoms with Crippen molar-refractivity contribution in [1.82, 2.24) is 15.5 Å². The average Bonchev–Trinajstić information content (AvgIpc) is 2.92. The molecule has 2 atom stereocenters. The molecule has 0 bridgehead atoms. The first-order valence-electron chi connectivity index (χ1n) is 10.6. The number of aryl methyl sites for hydroxylation is 1. The Hall–Kier alpha value is -2.57. The number of anilines is 1. The van der Waals surface area contributed by atoms with Gasteiger partial charge in [0, 0.05) is 25.3 Å². The first-order chi connectivity index (χ1) is 13.9. The number of nitrogens with zero attached hydrogens (tertiary/aromatic N) is 2. The maximum Gasteiger partial charge on any atom is 0.325 e. The molecule has 0 radical (unpaired) electrons. The highest BCUT2D eigenvalue weighted by Crippen LogP contribution is 2.38. The van der Waals surface area contributed by atoms with E-state index in [0.29, 0.717) is 19.5 Å². The van der Waals surface area contributed by atoms with E-state index in [1.54, 1.807) is 0 Å². The number of likely N-dealkylation sites (N-methyl/N-ethyl adjacent to an activating group) is 1. The van der Waals surface area contributed by atoms with Crippen molar-refractivity contribution >= 4 is 23.5 Å². The number of rotatable bonds is 7. The summed E-state index contributed by atoms with van der Waals surface area (Å²) in [5, 5.41) is 5.73. The zero-order valence-electron chi connectivity index (χ0n) is 17.7. The summed E-state index contributed by atoms with van der Waals surface area (Å²) in [5.74, 6) is -0.470. The average molecular weight is 401 g/mol. The molecule has 1 saturated heterocycles. The van der Waals surface area contributed by atoms with Gasteiger partial charge in [0.2, 0.25) is 5.91 Å². The van der Waals surface area contributed by atoms with Crippen LogP contribution < -0.4 is 15.5 Å². The normalized spacial score (nSPS) is 24.0. The Labute approximate surface area is 172 Å². The topological polar surface area (TPSA) is 81.8 Å². The van der Waals surface area contributed by atoms with Gasteiger partial charge >= 0.3 is 6.03 Å². The SMILES string of the molecule is CCN(CCNC(=O)CN1C(=O)N[C@@]2(CCCC[C@@H]2C)C1=O)c1cccc(C)c1. The lowest BCUT2D eigenvalue weighted by Crippen LogP contribution is -2.54. The zero-order chi connectivity index (χ0) is 21.0. The minimum atomic E-state index is -0.820. The van der Waals surface area contributed by atoms with Crippen molar-refractivity contribution < 1.29 is 14.4 Å². The highest BCUT2D eigenvalue weighted by molar-refractivity contribution is 6.09. The number of nitrogens with one attached hydrogen (secondary N) is 2. The zero-order valence-corrected chi connectivity index (χ0v) is 17.7. The standard InChI is InChI=1S/C22H32N4O3/c1-4-25(18-10-7-8-16(2)14-18)13-12-23-19(27)15-26-20(28)22(24-21(26)29)11-6-5-9-17(22)3/h7-8,10,14,17H,4-6,9,11-13,15H2,1-3H3,(H,23,27)(H,24,29)/t17-,22+/m0/s1. The summed E-state index contributed by atoms with van der Waals surface area (Å²) in [4.78, 5) is 41.0. The summed E-state index contributed by atoms with van der Waals surface area (Å²) in [6, 6.07) is 7.79. The van der Waals surface area contributed by atoms with Crippen LogP contribution in [-0.4, -0.2) is 54.5 Å². The van der Waals surface area contributed by atoms with Crippen molar-refractivity contribution in [1.29, 1.82) is 0 Å². The third-order valence-electron chi connectivity index (χ3n) is 6.26. The van der Waals surface area contributed by atoms with Crippen LogP contribution in [-0.2, 0) is 9.59 Å². The highest BCUT2D eigenvalue weighted by atomic mass is 16.2. The lowest BCUT2D eigenvalue weighted by atomic mass is 9.73. The van der Waals surface area contributed by atoms with Crippen molar-refractivity contribution in [3.8, 4) is 0 Å². The molecule has 0 aromatic heterocycles. The molecule has 0 unspecified atom stereocenters. The second-order valence-corrected chi connectivity index (χ2v) is 8.21. The second kappa shape index (κ2) is 8.84. The Kier molecular flexibility index (Phi) is 6.45. The minimum absolute atomic E-state index is 0.0909. The van der Waals surface area contributed by atoms with Gasteiger partial charge in [-0.25, -0.2) is 4.79 Å². The van der Waals surface area contributed by atoms with Crippen LogP contribution in [0.4, 0.5) is 10.5 Å². The predicted molar refractivity (Wildman–Crippen MR) is 113 cm³/mol. The minimum Gasteiger partial charge on any atom is -0.370 e. The first kappa shape index (κ1) is 21.1. The van der Waals surface area contributed by atoms with Crippen molar-refractivity contribution in [3.05, 3.63) is 29.8 Å². The van der Waals surface area contributed by atoms with E-state index in [1.165, 1.54) is 5.56 Å². The van der Waals surface area contributed by atoms with Gasteiger partial charge in [0.1, 0.15) is 12.1 Å². The monoisotopic (exact) mass is 400 g/mol. The Morgan fingerprint density at radius 1 is 1.34 bits per heavy atom. The smallest absolute Gasteiger partial charge is 0.325 e. The number of carbonyl (C=O) groups excluding carboxylic acids is 3. The van der Waals surface area contributed by atoms with Gasteiger partial charge in [-0.15, -0.1) is 0 Å². The van der Waals surface area contributed by atoms with E-state index in [-0.39, 0.29) is 24.3 Å². The van der Waals surface area contributed by atoms with Gasteiger partial charge in [0.25, 0.3) is 5.91 Å². The largest absolute Gasteiger partial charge is 0.370 e. The van der Waals surface area contributed by atoms with E-state index in [9.17, 15) is 14.4 Å². The Morgan fingerprint density at radius 2 is 2.14 bits per heavy atom. The van der Waals surface area contributed by atoms with Gasteiger partial charge < -0.3 is 15.5 Å². The van der Waals surface area contributed by atoms with E-state index in [0.717, 1.165) is 36.4 Å². The maximum absolute atomic E-state index is 12.9. The van der Waals surface area contributed by atoms with E-state index in [2.05, 4.69) is 47.6 Å². The van der Waals surface area contributed by atoms with Crippen LogP contribution in [0.25, 0.3) is 0 Å². The summed E-state index contributed by atoms with van der Waals surface area (Å²) < 4.78 is 0. The van der Waals surface area contributed by atoms with Gasteiger partial charge in [-0.2, -0.15) is 0 Å². The molecule has 29 heavy (non-hydrogen) atoms. The molecule has 1 aromatic rings. The number of amides is 4. The number of hydrogen-bond acceptors (Lipinski definition) is 4. The van der Waals surface area contributed by atoms with E-state index in [1.807, 2.05) is 13.0 Å². The van der Waals surface area contributed by atoms with Crippen molar-refractivity contribution in [2.24, 2.45) is 5.92 Å². The molecule has 2 aliphatic rings. The first-order valence-corrected chi connectivity index (χ1v) is 10.6. The molecule has 158 valence electrons. The molecule has 7 nitrogen and oxygen atoms in total. The molecule has 1 aromatic carbocycles. The molecule has 1 saturated carbocycles. The maximum atomic E-state index is 12.9. The predicted octanol–water partition coefficient (Wildman–Crippen LogP) is 2.44. The number of carbonyl (C=O) groups is 3. The lowest BCUT2D eigenvalue weighted by molar-refractivity contribution is -0.137. The fourth-order valence-electron chi connectivity index (χ4n) is 4.46. The summed E-state index contributed by atoms with van der Waals surface area (Å²) in [6.07, 6.45) is 3.56. The molecule has 2 N–H and O–H groups in total. The van der Waals surface area contributed by atoms with Crippen LogP contribution in [0.15, 0.2) is 24.3 Å². The summed E-state index contributed by atoms with van der Waals surface area (Å²) >= 11 is 0. The van der Waals surface area contributed by atoms with E-state index in [4.69, 9.17) is 0 Å². The number of imide groups is 1. The third kappa shape index (κ3) is 4.38. The van der Waals surface area contributed by atoms with Crippen LogP contribution in [0.2, 0.25) is 0 Å². The molecule has 7 heteroatoms. The van der Waals surface area contributed by atoms with E-state index < -0.39 is 11.6 Å². The highest BCUT2D eigenvalue weighted by Gasteiger charge is 2.55. The van der Waals surface area contributed by atoms with Gasteiger partial charge in [-0.1, -0.05) is 31.9 Å². The van der Waals surface area contributed by atoms with Crippen molar-refractivity contribution in [2.45, 2.75) is 52.0 Å². The summed E-state index contributed by atoms with van der Waals surface area (Å²) in [7, 11) is 0. The molecule has 1 aliphatic carbocycles. The number of hydrogen-bond donors (Lipinski definition) is 2. The fraction of sp³-hybridized carbons (Fsp3) is 0.591. The second-order valence-electron chi connectivity index (χ2n) is 8.21. The van der Waals surface area contributed by atoms with Crippen LogP contribution >= 0.6 is 0 Å². The molecule has 1 aliphatic heterocycles. The van der Waals surface area contributed by atoms with Crippen LogP contribution in [0.5, 0.6) is 0 Å². The van der Waals surface area contributed by atoms with Crippen LogP contribution in [0.1, 0.15) is 45.1 Å². The molecule has 1 spiro atoms. The summed E-state index contributed by atoms with van der Waals surface area (Å²) in [5.41, 5.74) is 1.48. The molecular formula is C22H32N4O3. The van der Waals surface area contributed by atoms with Crippen LogP contribution in [0.3, 0.4) is 0 Å². The molecule has 1 heterocycles. The molecule has 2 fully saturated rings. The Balaban J connectivity index is 1.53. The van der Waals surface area contributed by atoms with Gasteiger partial charge in [-0.3, -0.25) is 14.5 Å². The van der Waals surface area contributed by atoms with Gasteiger partial charge in [0.05, 0.1) is 0 Å². The summed E-state index contributed by atoms with van der Waals surface area (Å²) in [6.45, 7) is 7.84. The van der Waals surface area contributed by atoms with Crippen LogP contribution in [0, 0.1) is 12.8 Å². The van der Waals surface area contributed by atoms with E-state index >= 15 is 0 Å². The molecular weight excluding hydrogens is 368 g/mol. The Bertz CT molecular complexity index is 781. The Morgan fingerprint density at radius 3 is 2.83 bits per heavy atom. The van der Waals surface area contributed by atoms with Gasteiger partial charge in [-0.05, 0) is 50.3 Å². The number of benzene rings is 1. The molecule has 3 rings (SSSR count). The van der Waals surface area contributed by atoms with Crippen molar-refractivity contribution in [2.75, 3.05) is 31.1 Å². The van der Waals surface area contributed by atoms with Crippen molar-refractivity contribution in [3.63, 3.8) is 0 Å². The van der Waals surface area contributed by atoms with Gasteiger partial charge in [0.15, 0.2) is 0 Å². The fourth-order valence-corrected chi connectivity index (χ4v) is 4.46. The third-order valence-corrected chi connectivity index (χ3v) is 6.26. The lowest BCUT2D eigenvalue weighted by Gasteiger charge is -2.36. The number of urea groups is 1. The molecule has 4 amide bonds.